The number of hydrogen-bond acceptors (Lipinski definition) is 7. The number of benzene rings is 2. The molecule has 4 heterocycles. The standard InChI is InChI=1S/C33H44ClN7O4/c1-2-23-19-22(20-26(34)30(23)35)21-29(31(42)39-17-15-38(16-18-39)24-7-11-36-12-8-24)45-33(44)40-13-9-25(10-14-40)41-28-6-4-3-5-27(28)37-32(41)43/h3-6,19-20,24-25,29,36H,2,7-18,21,35H2,1H3,(H,37,43)/t29-/m1/s1. The zero-order valence-corrected chi connectivity index (χ0v) is 26.7. The molecule has 6 rings (SSSR count). The first kappa shape index (κ1) is 31.4. The molecule has 3 aliphatic heterocycles. The number of aryl methyl sites for hydroxylation is 1. The number of piperidine rings is 2. The number of fused-ring (bicyclic) bond motifs is 1. The van der Waals surface area contributed by atoms with Gasteiger partial charge in [-0.3, -0.25) is 14.3 Å². The van der Waals surface area contributed by atoms with Crippen molar-refractivity contribution in [1.29, 1.82) is 0 Å². The van der Waals surface area contributed by atoms with Gasteiger partial charge in [-0.1, -0.05) is 36.7 Å². The number of aromatic nitrogens is 2. The summed E-state index contributed by atoms with van der Waals surface area (Å²) in [5.41, 5.74) is 9.95. The Morgan fingerprint density at radius 2 is 1.69 bits per heavy atom. The zero-order chi connectivity index (χ0) is 31.5. The summed E-state index contributed by atoms with van der Waals surface area (Å²) in [6.07, 6.45) is 2.89. The Balaban J connectivity index is 1.14. The number of hydrogen-bond donors (Lipinski definition) is 3. The van der Waals surface area contributed by atoms with E-state index in [4.69, 9.17) is 22.1 Å². The molecule has 11 nitrogen and oxygen atoms in total. The maximum Gasteiger partial charge on any atom is 0.410 e. The second kappa shape index (κ2) is 13.8. The summed E-state index contributed by atoms with van der Waals surface area (Å²) in [4.78, 5) is 49.2. The number of nitrogens with one attached hydrogen (secondary N) is 2. The second-order valence-electron chi connectivity index (χ2n) is 12.5. The van der Waals surface area contributed by atoms with E-state index in [2.05, 4.69) is 15.2 Å². The number of aromatic amines is 1. The Morgan fingerprint density at radius 1 is 0.978 bits per heavy atom. The molecular weight excluding hydrogens is 594 g/mol. The molecule has 3 fully saturated rings. The summed E-state index contributed by atoms with van der Waals surface area (Å²) >= 11 is 6.46. The molecule has 0 saturated carbocycles. The fourth-order valence-corrected chi connectivity index (χ4v) is 7.43. The summed E-state index contributed by atoms with van der Waals surface area (Å²) in [5.74, 6) is -0.181. The minimum absolute atomic E-state index is 0.0317. The molecule has 2 amide bonds. The zero-order valence-electron chi connectivity index (χ0n) is 26.0. The normalized spacial score (nSPS) is 19.6. The highest BCUT2D eigenvalue weighted by Gasteiger charge is 2.35. The highest BCUT2D eigenvalue weighted by molar-refractivity contribution is 6.33. The summed E-state index contributed by atoms with van der Waals surface area (Å²) in [6, 6.07) is 11.9. The average Bonchev–Trinajstić information content (AvgIpc) is 3.41. The quantitative estimate of drug-likeness (QED) is 0.339. The van der Waals surface area contributed by atoms with Crippen LogP contribution < -0.4 is 16.7 Å². The molecular formula is C33H44ClN7O4. The SMILES string of the molecule is CCc1cc(C[C@@H](OC(=O)N2CCC(n3c(=O)[nH]c4ccccc43)CC2)C(=O)N2CCN(C3CCNCC3)CC2)cc(Cl)c1N. The van der Waals surface area contributed by atoms with Gasteiger partial charge in [-0.15, -0.1) is 0 Å². The number of para-hydroxylation sites is 2. The maximum absolute atomic E-state index is 14.0. The van der Waals surface area contributed by atoms with Gasteiger partial charge in [0.2, 0.25) is 0 Å². The van der Waals surface area contributed by atoms with Crippen molar-refractivity contribution < 1.29 is 14.3 Å². The lowest BCUT2D eigenvalue weighted by atomic mass is 10.0. The molecule has 1 aromatic heterocycles. The summed E-state index contributed by atoms with van der Waals surface area (Å²) in [6.45, 7) is 7.75. The number of carbonyl (C=O) groups excluding carboxylic acids is 2. The smallest absolute Gasteiger partial charge is 0.410 e. The van der Waals surface area contributed by atoms with Crippen LogP contribution in [0, 0.1) is 0 Å². The first-order chi connectivity index (χ1) is 21.8. The van der Waals surface area contributed by atoms with Gasteiger partial charge in [0.25, 0.3) is 5.91 Å². The van der Waals surface area contributed by atoms with E-state index in [0.29, 0.717) is 62.2 Å². The minimum atomic E-state index is -0.985. The summed E-state index contributed by atoms with van der Waals surface area (Å²) < 4.78 is 7.84. The second-order valence-corrected chi connectivity index (χ2v) is 12.9. The number of carbonyl (C=O) groups is 2. The molecule has 3 aromatic rings. The fourth-order valence-electron chi connectivity index (χ4n) is 7.16. The lowest BCUT2D eigenvalue weighted by molar-refractivity contribution is -0.143. The molecule has 45 heavy (non-hydrogen) atoms. The van der Waals surface area contributed by atoms with Crippen LogP contribution in [0.4, 0.5) is 10.5 Å². The van der Waals surface area contributed by atoms with E-state index in [-0.39, 0.29) is 24.1 Å². The fraction of sp³-hybridized carbons (Fsp3) is 0.545. The first-order valence-electron chi connectivity index (χ1n) is 16.3. The van der Waals surface area contributed by atoms with Crippen molar-refractivity contribution in [2.24, 2.45) is 0 Å². The molecule has 12 heteroatoms. The number of halogens is 1. The third-order valence-corrected chi connectivity index (χ3v) is 10.1. The van der Waals surface area contributed by atoms with Gasteiger partial charge in [-0.05, 0) is 74.5 Å². The minimum Gasteiger partial charge on any atom is -0.436 e. The van der Waals surface area contributed by atoms with E-state index in [1.165, 1.54) is 0 Å². The number of nitrogens with two attached hydrogens (primary N) is 1. The lowest BCUT2D eigenvalue weighted by Gasteiger charge is -2.41. The van der Waals surface area contributed by atoms with E-state index >= 15 is 0 Å². The van der Waals surface area contributed by atoms with Gasteiger partial charge in [-0.25, -0.2) is 9.59 Å². The molecule has 0 radical (unpaired) electrons. The molecule has 3 saturated heterocycles. The van der Waals surface area contributed by atoms with Gasteiger partial charge in [0, 0.05) is 57.8 Å². The predicted octanol–water partition coefficient (Wildman–Crippen LogP) is 3.41. The van der Waals surface area contributed by atoms with Gasteiger partial charge in [0.15, 0.2) is 6.10 Å². The Hall–Kier alpha value is -3.54. The Labute approximate surface area is 268 Å². The summed E-state index contributed by atoms with van der Waals surface area (Å²) in [5, 5.41) is 3.86. The molecule has 2 aromatic carbocycles. The van der Waals surface area contributed by atoms with Crippen molar-refractivity contribution in [3.8, 4) is 0 Å². The van der Waals surface area contributed by atoms with Crippen molar-refractivity contribution in [3.05, 3.63) is 63.0 Å². The van der Waals surface area contributed by atoms with Crippen LogP contribution in [0.3, 0.4) is 0 Å². The van der Waals surface area contributed by atoms with Crippen LogP contribution in [-0.4, -0.2) is 101 Å². The van der Waals surface area contributed by atoms with Crippen molar-refractivity contribution in [3.63, 3.8) is 0 Å². The van der Waals surface area contributed by atoms with Crippen LogP contribution in [-0.2, 0) is 22.4 Å². The van der Waals surface area contributed by atoms with E-state index in [0.717, 1.165) is 61.2 Å². The van der Waals surface area contributed by atoms with Crippen LogP contribution in [0.1, 0.15) is 49.8 Å². The monoisotopic (exact) mass is 637 g/mol. The number of nitrogen functional groups attached to an aromatic ring is 1. The Morgan fingerprint density at radius 3 is 2.40 bits per heavy atom. The number of anilines is 1. The molecule has 242 valence electrons. The number of piperazine rings is 1. The Bertz CT molecular complexity index is 1570. The third-order valence-electron chi connectivity index (χ3n) is 9.76. The van der Waals surface area contributed by atoms with E-state index in [9.17, 15) is 14.4 Å². The van der Waals surface area contributed by atoms with Gasteiger partial charge >= 0.3 is 11.8 Å². The topological polar surface area (TPSA) is 129 Å². The van der Waals surface area contributed by atoms with Crippen molar-refractivity contribution in [2.75, 3.05) is 58.1 Å². The van der Waals surface area contributed by atoms with Gasteiger partial charge in [-0.2, -0.15) is 0 Å². The van der Waals surface area contributed by atoms with E-state index in [1.54, 1.807) is 15.5 Å². The van der Waals surface area contributed by atoms with Crippen LogP contribution in [0.2, 0.25) is 5.02 Å². The van der Waals surface area contributed by atoms with Crippen LogP contribution >= 0.6 is 11.6 Å². The number of rotatable bonds is 7. The number of ether oxygens (including phenoxy) is 1. The molecule has 0 unspecified atom stereocenters. The van der Waals surface area contributed by atoms with Gasteiger partial charge < -0.3 is 30.6 Å². The number of imidazole rings is 1. The van der Waals surface area contributed by atoms with Crippen molar-refractivity contribution in [2.45, 2.75) is 63.6 Å². The largest absolute Gasteiger partial charge is 0.436 e. The summed E-state index contributed by atoms with van der Waals surface area (Å²) in [7, 11) is 0. The number of H-pyrrole nitrogens is 1. The third kappa shape index (κ3) is 6.85. The highest BCUT2D eigenvalue weighted by Crippen LogP contribution is 2.28. The number of likely N-dealkylation sites (tertiary alicyclic amines) is 1. The lowest BCUT2D eigenvalue weighted by Crippen LogP contribution is -2.56. The predicted molar refractivity (Wildman–Crippen MR) is 176 cm³/mol. The van der Waals surface area contributed by atoms with Gasteiger partial charge in [0.05, 0.1) is 21.7 Å². The van der Waals surface area contributed by atoms with E-state index in [1.807, 2.05) is 42.2 Å². The average molecular weight is 638 g/mol. The molecule has 0 spiro atoms. The number of nitrogens with zero attached hydrogens (tertiary/aromatic N) is 4. The number of amides is 2. The Kier molecular flexibility index (Phi) is 9.67. The van der Waals surface area contributed by atoms with Crippen molar-refractivity contribution >= 4 is 40.3 Å². The van der Waals surface area contributed by atoms with Crippen molar-refractivity contribution in [1.82, 2.24) is 29.6 Å². The van der Waals surface area contributed by atoms with Gasteiger partial charge in [0.1, 0.15) is 0 Å². The van der Waals surface area contributed by atoms with Crippen LogP contribution in [0.15, 0.2) is 41.2 Å². The van der Waals surface area contributed by atoms with E-state index < -0.39 is 12.2 Å². The molecule has 4 N–H and O–H groups in total. The molecule has 0 bridgehead atoms. The maximum atomic E-state index is 14.0. The molecule has 0 aliphatic carbocycles. The molecule has 3 aliphatic rings. The molecule has 1 atom stereocenters. The van der Waals surface area contributed by atoms with Crippen LogP contribution in [0.5, 0.6) is 0 Å². The first-order valence-corrected chi connectivity index (χ1v) is 16.6. The highest BCUT2D eigenvalue weighted by atomic mass is 35.5. The van der Waals surface area contributed by atoms with Crippen LogP contribution in [0.25, 0.3) is 11.0 Å².